The highest BCUT2D eigenvalue weighted by Gasteiger charge is 2.18. The van der Waals surface area contributed by atoms with Crippen molar-refractivity contribution in [3.8, 4) is 0 Å². The molecule has 0 radical (unpaired) electrons. The Kier molecular flexibility index (Phi) is 8.05. The lowest BCUT2D eigenvalue weighted by Crippen LogP contribution is -2.47. The Morgan fingerprint density at radius 3 is 2.54 bits per heavy atom. The maximum Gasteiger partial charge on any atom is 0.225 e. The molecule has 0 bridgehead atoms. The third kappa shape index (κ3) is 6.17. The average Bonchev–Trinajstić information content (AvgIpc) is 3.22. The maximum atomic E-state index is 4.34. The Morgan fingerprint density at radius 1 is 1.11 bits per heavy atom. The van der Waals surface area contributed by atoms with Crippen LogP contribution >= 0.6 is 11.3 Å². The number of nitrogens with zero attached hydrogens (tertiary/aromatic N) is 5. The molecule has 7 nitrogen and oxygen atoms in total. The van der Waals surface area contributed by atoms with Gasteiger partial charge >= 0.3 is 0 Å². The van der Waals surface area contributed by atoms with Crippen LogP contribution in [-0.2, 0) is 13.0 Å². The van der Waals surface area contributed by atoms with Crippen LogP contribution in [0.1, 0.15) is 23.1 Å². The normalized spacial score (nSPS) is 15.6. The summed E-state index contributed by atoms with van der Waals surface area (Å²) in [6.45, 7) is 9.13. The van der Waals surface area contributed by atoms with Gasteiger partial charge in [-0.3, -0.25) is 9.89 Å². The van der Waals surface area contributed by atoms with E-state index in [-0.39, 0.29) is 0 Å². The highest BCUT2D eigenvalue weighted by Crippen LogP contribution is 2.16. The number of guanidine groups is 1. The fraction of sp³-hybridized carbons (Fsp3) is 0.550. The summed E-state index contributed by atoms with van der Waals surface area (Å²) in [5.74, 6) is 1.72. The lowest BCUT2D eigenvalue weighted by atomic mass is 10.3. The minimum absolute atomic E-state index is 0.827. The van der Waals surface area contributed by atoms with Gasteiger partial charge in [-0.15, -0.1) is 11.3 Å². The molecule has 0 spiro atoms. The Hall–Kier alpha value is -2.19. The summed E-state index contributed by atoms with van der Waals surface area (Å²) >= 11 is 1.87. The van der Waals surface area contributed by atoms with Gasteiger partial charge in [0.25, 0.3) is 0 Å². The van der Waals surface area contributed by atoms with E-state index in [4.69, 9.17) is 0 Å². The second kappa shape index (κ2) is 11.0. The predicted octanol–water partition coefficient (Wildman–Crippen LogP) is 1.98. The van der Waals surface area contributed by atoms with Gasteiger partial charge in [0.05, 0.1) is 6.54 Å². The molecule has 0 amide bonds. The van der Waals surface area contributed by atoms with E-state index in [1.54, 1.807) is 0 Å². The van der Waals surface area contributed by atoms with Crippen molar-refractivity contribution < 1.29 is 0 Å². The van der Waals surface area contributed by atoms with Gasteiger partial charge in [0.2, 0.25) is 5.95 Å². The number of piperazine rings is 1. The number of nitrogens with one attached hydrogen (secondary N) is 2. The van der Waals surface area contributed by atoms with Gasteiger partial charge in [0, 0.05) is 61.9 Å². The number of aliphatic imine (C=N–C) groups is 1. The molecule has 2 aromatic heterocycles. The highest BCUT2D eigenvalue weighted by atomic mass is 32.1. The molecule has 28 heavy (non-hydrogen) atoms. The van der Waals surface area contributed by atoms with E-state index < -0.39 is 0 Å². The van der Waals surface area contributed by atoms with Gasteiger partial charge in [-0.1, -0.05) is 6.92 Å². The second-order valence-corrected chi connectivity index (χ2v) is 8.06. The summed E-state index contributed by atoms with van der Waals surface area (Å²) in [6, 6.07) is 6.27. The molecule has 0 atom stereocenters. The SMILES string of the molecule is CCc1ccc(CNC(=NC)NCCCN2CCN(c3ncccn3)CC2)s1. The molecule has 2 N–H and O–H groups in total. The molecule has 1 saturated heterocycles. The number of aromatic nitrogens is 2. The molecule has 8 heteroatoms. The van der Waals surface area contributed by atoms with Crippen LogP contribution in [0, 0.1) is 0 Å². The summed E-state index contributed by atoms with van der Waals surface area (Å²) in [5.41, 5.74) is 0. The molecule has 3 heterocycles. The average molecular weight is 402 g/mol. The summed E-state index contributed by atoms with van der Waals surface area (Å²) in [7, 11) is 1.83. The van der Waals surface area contributed by atoms with E-state index in [9.17, 15) is 0 Å². The monoisotopic (exact) mass is 401 g/mol. The van der Waals surface area contributed by atoms with E-state index in [2.05, 4.69) is 54.5 Å². The third-order valence-electron chi connectivity index (χ3n) is 4.87. The minimum atomic E-state index is 0.827. The van der Waals surface area contributed by atoms with Gasteiger partial charge < -0.3 is 15.5 Å². The molecule has 1 aliphatic rings. The van der Waals surface area contributed by atoms with Crippen LogP contribution < -0.4 is 15.5 Å². The van der Waals surface area contributed by atoms with Crippen molar-refractivity contribution in [3.05, 3.63) is 40.3 Å². The first-order chi connectivity index (χ1) is 13.8. The second-order valence-electron chi connectivity index (χ2n) is 6.81. The number of rotatable bonds is 8. The van der Waals surface area contributed by atoms with Gasteiger partial charge in [-0.25, -0.2) is 9.97 Å². The molecule has 152 valence electrons. The van der Waals surface area contributed by atoms with Crippen LogP contribution in [-0.4, -0.2) is 67.1 Å². The molecule has 1 aliphatic heterocycles. The molecule has 2 aromatic rings. The molecule has 0 aromatic carbocycles. The van der Waals surface area contributed by atoms with Crippen molar-refractivity contribution in [1.29, 1.82) is 0 Å². The molecule has 0 aliphatic carbocycles. The van der Waals surface area contributed by atoms with E-state index in [1.165, 1.54) is 9.75 Å². The Balaban J connectivity index is 1.29. The first kappa shape index (κ1) is 20.5. The maximum absolute atomic E-state index is 4.34. The lowest BCUT2D eigenvalue weighted by molar-refractivity contribution is 0.254. The number of hydrogen-bond donors (Lipinski definition) is 2. The van der Waals surface area contributed by atoms with Crippen molar-refractivity contribution in [3.63, 3.8) is 0 Å². The van der Waals surface area contributed by atoms with Gasteiger partial charge in [0.15, 0.2) is 5.96 Å². The van der Waals surface area contributed by atoms with E-state index >= 15 is 0 Å². The summed E-state index contributed by atoms with van der Waals surface area (Å²) in [4.78, 5) is 20.6. The molecule has 0 unspecified atom stereocenters. The number of hydrogen-bond acceptors (Lipinski definition) is 6. The van der Waals surface area contributed by atoms with Crippen LogP contribution in [0.5, 0.6) is 0 Å². The highest BCUT2D eigenvalue weighted by molar-refractivity contribution is 7.11. The molecule has 3 rings (SSSR count). The Labute approximate surface area is 171 Å². The predicted molar refractivity (Wildman–Crippen MR) is 117 cm³/mol. The topological polar surface area (TPSA) is 68.7 Å². The van der Waals surface area contributed by atoms with Crippen molar-refractivity contribution in [2.75, 3.05) is 51.2 Å². The smallest absolute Gasteiger partial charge is 0.225 e. The number of thiophene rings is 1. The zero-order chi connectivity index (χ0) is 19.6. The Morgan fingerprint density at radius 2 is 1.86 bits per heavy atom. The van der Waals surface area contributed by atoms with Gasteiger partial charge in [-0.2, -0.15) is 0 Å². The third-order valence-corrected chi connectivity index (χ3v) is 6.10. The standard InChI is InChI=1S/C20H31N7S/c1-3-17-6-7-18(28-17)16-25-19(21-2)22-10-5-11-26-12-14-27(15-13-26)20-23-8-4-9-24-20/h4,6-9H,3,5,10-16H2,1-2H3,(H2,21,22,25). The first-order valence-electron chi connectivity index (χ1n) is 10.0. The molecular formula is C20H31N7S. The zero-order valence-electron chi connectivity index (χ0n) is 16.9. The van der Waals surface area contributed by atoms with Crippen molar-refractivity contribution >= 4 is 23.2 Å². The van der Waals surface area contributed by atoms with E-state index in [1.807, 2.05) is 36.8 Å². The van der Waals surface area contributed by atoms with Gasteiger partial charge in [-0.05, 0) is 37.6 Å². The van der Waals surface area contributed by atoms with E-state index in [0.717, 1.165) is 70.6 Å². The van der Waals surface area contributed by atoms with Crippen LogP contribution in [0.15, 0.2) is 35.6 Å². The largest absolute Gasteiger partial charge is 0.356 e. The van der Waals surface area contributed by atoms with Gasteiger partial charge in [0.1, 0.15) is 0 Å². The first-order valence-corrected chi connectivity index (χ1v) is 10.9. The zero-order valence-corrected chi connectivity index (χ0v) is 17.7. The van der Waals surface area contributed by atoms with Crippen LogP contribution in [0.3, 0.4) is 0 Å². The molecule has 1 fully saturated rings. The summed E-state index contributed by atoms with van der Waals surface area (Å²) in [5, 5.41) is 6.82. The summed E-state index contributed by atoms with van der Waals surface area (Å²) in [6.07, 6.45) is 5.82. The Bertz CT molecular complexity index is 723. The van der Waals surface area contributed by atoms with E-state index in [0.29, 0.717) is 0 Å². The fourth-order valence-corrected chi connectivity index (χ4v) is 4.13. The van der Waals surface area contributed by atoms with Crippen LogP contribution in [0.25, 0.3) is 0 Å². The summed E-state index contributed by atoms with van der Waals surface area (Å²) < 4.78 is 0. The molecular weight excluding hydrogens is 370 g/mol. The quantitative estimate of drug-likeness (QED) is 0.400. The lowest BCUT2D eigenvalue weighted by Gasteiger charge is -2.34. The van der Waals surface area contributed by atoms with Crippen molar-refractivity contribution in [2.45, 2.75) is 26.3 Å². The van der Waals surface area contributed by atoms with Crippen LogP contribution in [0.2, 0.25) is 0 Å². The van der Waals surface area contributed by atoms with Crippen molar-refractivity contribution in [1.82, 2.24) is 25.5 Å². The molecule has 0 saturated carbocycles. The van der Waals surface area contributed by atoms with Crippen molar-refractivity contribution in [2.24, 2.45) is 4.99 Å². The fourth-order valence-electron chi connectivity index (χ4n) is 3.23. The van der Waals surface area contributed by atoms with Crippen LogP contribution in [0.4, 0.5) is 5.95 Å². The number of aryl methyl sites for hydroxylation is 1. The number of anilines is 1. The minimum Gasteiger partial charge on any atom is -0.356 e.